The van der Waals surface area contributed by atoms with Crippen LogP contribution in [0.5, 0.6) is 0 Å². The van der Waals surface area contributed by atoms with Crippen LogP contribution >= 0.6 is 0 Å². The molecule has 26 heavy (non-hydrogen) atoms. The molecule has 0 unspecified atom stereocenters. The molecule has 8 nitrogen and oxygen atoms in total. The van der Waals surface area contributed by atoms with Crippen molar-refractivity contribution in [3.05, 3.63) is 27.2 Å². The molecule has 1 saturated heterocycles. The molecule has 4 rings (SSSR count). The first kappa shape index (κ1) is 17.1. The summed E-state index contributed by atoms with van der Waals surface area (Å²) >= 11 is 0. The van der Waals surface area contributed by atoms with Gasteiger partial charge in [-0.05, 0) is 31.6 Å². The number of hydrogen-bond donors (Lipinski definition) is 0. The zero-order valence-corrected chi connectivity index (χ0v) is 15.3. The largest absolute Gasteiger partial charge is 0.338 e. The molecule has 1 amide bonds. The maximum absolute atomic E-state index is 13.0. The summed E-state index contributed by atoms with van der Waals surface area (Å²) in [6.45, 7) is 0.885. The average molecular weight is 359 g/mol. The predicted octanol–water partition coefficient (Wildman–Crippen LogP) is 0.615. The molecule has 2 atom stereocenters. The summed E-state index contributed by atoms with van der Waals surface area (Å²) in [6.07, 6.45) is 8.49. The van der Waals surface area contributed by atoms with E-state index in [4.69, 9.17) is 0 Å². The summed E-state index contributed by atoms with van der Waals surface area (Å²) < 4.78 is 3.99. The molecular formula is C18H25N5O3. The maximum Gasteiger partial charge on any atom is 0.332 e. The third-order valence-corrected chi connectivity index (χ3v) is 6.09. The lowest BCUT2D eigenvalue weighted by atomic mass is 9.78. The number of hydrogen-bond acceptors (Lipinski definition) is 4. The molecule has 3 heterocycles. The minimum absolute atomic E-state index is 0.0387. The highest BCUT2D eigenvalue weighted by Gasteiger charge is 2.35. The van der Waals surface area contributed by atoms with E-state index in [2.05, 4.69) is 4.98 Å². The molecule has 0 bridgehead atoms. The molecule has 0 radical (unpaired) electrons. The van der Waals surface area contributed by atoms with Crippen LogP contribution in [-0.2, 0) is 25.4 Å². The lowest BCUT2D eigenvalue weighted by molar-refractivity contribution is -0.138. The zero-order chi connectivity index (χ0) is 18.4. The van der Waals surface area contributed by atoms with E-state index >= 15 is 0 Å². The molecule has 140 valence electrons. The molecule has 0 aromatic carbocycles. The van der Waals surface area contributed by atoms with Gasteiger partial charge in [-0.3, -0.25) is 18.7 Å². The third kappa shape index (κ3) is 2.59. The summed E-state index contributed by atoms with van der Waals surface area (Å²) in [7, 11) is 3.03. The lowest BCUT2D eigenvalue weighted by Gasteiger charge is -2.44. The van der Waals surface area contributed by atoms with Crippen molar-refractivity contribution in [2.24, 2.45) is 20.0 Å². The summed E-state index contributed by atoms with van der Waals surface area (Å²) in [5.74, 6) is 0.659. The van der Waals surface area contributed by atoms with E-state index in [0.29, 0.717) is 23.1 Å². The zero-order valence-electron chi connectivity index (χ0n) is 15.3. The van der Waals surface area contributed by atoms with Crippen LogP contribution in [0.25, 0.3) is 11.2 Å². The molecule has 8 heteroatoms. The van der Waals surface area contributed by atoms with Gasteiger partial charge in [0.05, 0.1) is 6.33 Å². The molecule has 2 aromatic rings. The number of aryl methyl sites for hydroxylation is 1. The first-order chi connectivity index (χ1) is 12.5. The smallest absolute Gasteiger partial charge is 0.332 e. The second-order valence-electron chi connectivity index (χ2n) is 7.59. The molecular weight excluding hydrogens is 334 g/mol. The molecule has 2 fully saturated rings. The van der Waals surface area contributed by atoms with E-state index in [0.717, 1.165) is 24.0 Å². The number of fused-ring (bicyclic) bond motifs is 2. The van der Waals surface area contributed by atoms with Gasteiger partial charge in [0.1, 0.15) is 6.54 Å². The predicted molar refractivity (Wildman–Crippen MR) is 96.9 cm³/mol. The van der Waals surface area contributed by atoms with Crippen molar-refractivity contribution in [2.75, 3.05) is 6.54 Å². The summed E-state index contributed by atoms with van der Waals surface area (Å²) in [5.41, 5.74) is -0.206. The second-order valence-corrected chi connectivity index (χ2v) is 7.59. The van der Waals surface area contributed by atoms with Crippen molar-refractivity contribution < 1.29 is 4.79 Å². The monoisotopic (exact) mass is 359 g/mol. The number of aromatic nitrogens is 4. The van der Waals surface area contributed by atoms with E-state index in [9.17, 15) is 14.4 Å². The fourth-order valence-corrected chi connectivity index (χ4v) is 4.69. The van der Waals surface area contributed by atoms with Gasteiger partial charge in [-0.1, -0.05) is 12.8 Å². The molecule has 1 saturated carbocycles. The third-order valence-electron chi connectivity index (χ3n) is 6.09. The first-order valence-corrected chi connectivity index (χ1v) is 9.39. The van der Waals surface area contributed by atoms with Crippen LogP contribution < -0.4 is 11.2 Å². The summed E-state index contributed by atoms with van der Waals surface area (Å²) in [5, 5.41) is 0. The number of amides is 1. The van der Waals surface area contributed by atoms with Gasteiger partial charge in [0.15, 0.2) is 11.2 Å². The summed E-state index contributed by atoms with van der Waals surface area (Å²) in [4.78, 5) is 43.8. The number of carbonyl (C=O) groups is 1. The number of piperidine rings is 1. The van der Waals surface area contributed by atoms with E-state index in [1.54, 1.807) is 11.6 Å². The van der Waals surface area contributed by atoms with E-state index in [1.807, 2.05) is 4.90 Å². The van der Waals surface area contributed by atoms with Crippen molar-refractivity contribution in [1.29, 1.82) is 0 Å². The van der Waals surface area contributed by atoms with Crippen LogP contribution in [0.15, 0.2) is 15.9 Å². The number of imidazole rings is 1. The van der Waals surface area contributed by atoms with Crippen molar-refractivity contribution in [2.45, 2.75) is 51.1 Å². The molecule has 2 aromatic heterocycles. The quantitative estimate of drug-likeness (QED) is 0.787. The second kappa shape index (κ2) is 6.41. The van der Waals surface area contributed by atoms with Crippen LogP contribution in [0.2, 0.25) is 0 Å². The van der Waals surface area contributed by atoms with E-state index < -0.39 is 11.2 Å². The van der Waals surface area contributed by atoms with Gasteiger partial charge in [-0.25, -0.2) is 9.78 Å². The topological polar surface area (TPSA) is 82.1 Å². The van der Waals surface area contributed by atoms with Gasteiger partial charge in [-0.15, -0.1) is 0 Å². The van der Waals surface area contributed by atoms with Crippen LogP contribution in [-0.4, -0.2) is 42.1 Å². The van der Waals surface area contributed by atoms with Crippen LogP contribution in [0.4, 0.5) is 0 Å². The van der Waals surface area contributed by atoms with Crippen molar-refractivity contribution in [1.82, 2.24) is 23.6 Å². The van der Waals surface area contributed by atoms with E-state index in [1.165, 1.54) is 43.6 Å². The van der Waals surface area contributed by atoms with Crippen molar-refractivity contribution in [3.63, 3.8) is 0 Å². The SMILES string of the molecule is Cn1c(=O)c2c(ncn2CC(=O)N2CCC[C@@H]3CCCC[C@H]32)n(C)c1=O. The van der Waals surface area contributed by atoms with Gasteiger partial charge >= 0.3 is 5.69 Å². The highest BCUT2D eigenvalue weighted by atomic mass is 16.2. The van der Waals surface area contributed by atoms with E-state index in [-0.39, 0.29) is 12.5 Å². The Bertz CT molecular complexity index is 968. The van der Waals surface area contributed by atoms with Gasteiger partial charge in [0, 0.05) is 26.7 Å². The minimum Gasteiger partial charge on any atom is -0.338 e. The highest BCUT2D eigenvalue weighted by molar-refractivity contribution is 5.79. The molecule has 2 aliphatic rings. The molecule has 0 N–H and O–H groups in total. The molecule has 1 aliphatic heterocycles. The number of carbonyl (C=O) groups excluding carboxylic acids is 1. The lowest BCUT2D eigenvalue weighted by Crippen LogP contribution is -2.50. The molecule has 0 spiro atoms. The normalized spacial score (nSPS) is 23.2. The van der Waals surface area contributed by atoms with Gasteiger partial charge in [-0.2, -0.15) is 0 Å². The number of rotatable bonds is 2. The van der Waals surface area contributed by atoms with Gasteiger partial charge < -0.3 is 9.47 Å². The van der Waals surface area contributed by atoms with Crippen LogP contribution in [0.1, 0.15) is 38.5 Å². The Labute approximate surface area is 151 Å². The fourth-order valence-electron chi connectivity index (χ4n) is 4.69. The number of likely N-dealkylation sites (tertiary alicyclic amines) is 1. The Balaban J connectivity index is 1.66. The first-order valence-electron chi connectivity index (χ1n) is 9.39. The standard InChI is InChI=1S/C18H25N5O3/c1-20-16-15(17(25)21(2)18(20)26)22(11-19-16)10-14(24)23-9-5-7-12-6-3-4-8-13(12)23/h11-13H,3-10H2,1-2H3/t12-,13+/m0/s1. The maximum atomic E-state index is 13.0. The Morgan fingerprint density at radius 1 is 1.12 bits per heavy atom. The van der Waals surface area contributed by atoms with Crippen LogP contribution in [0.3, 0.4) is 0 Å². The van der Waals surface area contributed by atoms with Crippen LogP contribution in [0, 0.1) is 5.92 Å². The minimum atomic E-state index is -0.417. The molecule has 1 aliphatic carbocycles. The number of nitrogens with zero attached hydrogens (tertiary/aromatic N) is 5. The van der Waals surface area contributed by atoms with Crippen molar-refractivity contribution in [3.8, 4) is 0 Å². The Kier molecular flexibility index (Phi) is 4.20. The van der Waals surface area contributed by atoms with Gasteiger partial charge in [0.25, 0.3) is 5.56 Å². The summed E-state index contributed by atoms with van der Waals surface area (Å²) in [6, 6.07) is 0.340. The fraction of sp³-hybridized carbons (Fsp3) is 0.667. The Morgan fingerprint density at radius 3 is 2.65 bits per heavy atom. The Morgan fingerprint density at radius 2 is 1.85 bits per heavy atom. The van der Waals surface area contributed by atoms with Crippen molar-refractivity contribution >= 4 is 17.1 Å². The average Bonchev–Trinajstić information content (AvgIpc) is 3.07. The Hall–Kier alpha value is -2.38. The van der Waals surface area contributed by atoms with Gasteiger partial charge in [0.2, 0.25) is 5.91 Å². The highest BCUT2D eigenvalue weighted by Crippen LogP contribution is 2.35.